The molecule has 1 heterocycles. The molecule has 64 valence electrons. The molecule has 0 fully saturated rings. The van der Waals surface area contributed by atoms with Crippen LogP contribution in [-0.2, 0) is 0 Å². The van der Waals surface area contributed by atoms with Crippen LogP contribution in [0.15, 0.2) is 6.20 Å². The van der Waals surface area contributed by atoms with Crippen LogP contribution < -0.4 is 5.32 Å². The van der Waals surface area contributed by atoms with E-state index in [1.807, 2.05) is 6.07 Å². The van der Waals surface area contributed by atoms with Gasteiger partial charge in [0.2, 0.25) is 0 Å². The van der Waals surface area contributed by atoms with Crippen LogP contribution in [0.3, 0.4) is 0 Å². The average Bonchev–Trinajstić information content (AvgIpc) is 2.18. The Morgan fingerprint density at radius 1 is 1.54 bits per heavy atom. The van der Waals surface area contributed by atoms with Gasteiger partial charge < -0.3 is 5.32 Å². The van der Waals surface area contributed by atoms with E-state index < -0.39 is 0 Å². The van der Waals surface area contributed by atoms with Crippen molar-refractivity contribution in [3.63, 3.8) is 0 Å². The smallest absolute Gasteiger partial charge is 0.184 e. The molecule has 0 amide bonds. The van der Waals surface area contributed by atoms with Gasteiger partial charge in [0.1, 0.15) is 11.8 Å². The molecule has 1 rings (SSSR count). The molecular weight excluding hydrogens is 164 g/mol. The molecule has 0 aliphatic heterocycles. The van der Waals surface area contributed by atoms with Gasteiger partial charge in [-0.2, -0.15) is 5.26 Å². The van der Waals surface area contributed by atoms with Crippen LogP contribution in [0.1, 0.15) is 18.3 Å². The molecular formula is C9H8N4. The van der Waals surface area contributed by atoms with E-state index in [9.17, 15) is 0 Å². The topological polar surface area (TPSA) is 61.6 Å². The van der Waals surface area contributed by atoms with Crippen molar-refractivity contribution >= 4 is 5.82 Å². The molecule has 0 saturated carbocycles. The largest absolute Gasteiger partial charge is 0.371 e. The summed E-state index contributed by atoms with van der Waals surface area (Å²) in [5.41, 5.74) is 0.779. The minimum atomic E-state index is 0.266. The predicted octanol–water partition coefficient (Wildman–Crippen LogP) is 0.761. The zero-order valence-corrected chi connectivity index (χ0v) is 7.42. The number of hydrogen-bond donors (Lipinski definition) is 1. The van der Waals surface area contributed by atoms with E-state index in [1.165, 1.54) is 6.20 Å². The molecule has 4 heteroatoms. The lowest BCUT2D eigenvalue weighted by Gasteiger charge is -1.99. The van der Waals surface area contributed by atoms with Crippen LogP contribution >= 0.6 is 0 Å². The lowest BCUT2D eigenvalue weighted by Crippen LogP contribution is -2.00. The number of nitriles is 1. The number of anilines is 1. The quantitative estimate of drug-likeness (QED) is 0.635. The summed E-state index contributed by atoms with van der Waals surface area (Å²) in [7, 11) is 1.69. The van der Waals surface area contributed by atoms with Gasteiger partial charge >= 0.3 is 0 Å². The highest BCUT2D eigenvalue weighted by molar-refractivity contribution is 5.48. The van der Waals surface area contributed by atoms with Gasteiger partial charge in [-0.05, 0) is 12.8 Å². The summed E-state index contributed by atoms with van der Waals surface area (Å²) in [5.74, 6) is 5.90. The highest BCUT2D eigenvalue weighted by atomic mass is 15.0. The first-order valence-corrected chi connectivity index (χ1v) is 3.69. The Hall–Kier alpha value is -2.07. The third kappa shape index (κ3) is 1.94. The van der Waals surface area contributed by atoms with Gasteiger partial charge in [-0.15, -0.1) is 0 Å². The van der Waals surface area contributed by atoms with Gasteiger partial charge in [-0.25, -0.2) is 9.97 Å². The monoisotopic (exact) mass is 172 g/mol. The molecule has 0 aromatic carbocycles. The van der Waals surface area contributed by atoms with Gasteiger partial charge in [-0.3, -0.25) is 0 Å². The lowest BCUT2D eigenvalue weighted by atomic mass is 10.4. The number of nitrogens with one attached hydrogen (secondary N) is 1. The third-order valence-electron chi connectivity index (χ3n) is 1.37. The highest BCUT2D eigenvalue weighted by Crippen LogP contribution is 2.06. The number of nitrogens with zero attached hydrogens (tertiary/aromatic N) is 3. The zero-order valence-electron chi connectivity index (χ0n) is 7.42. The summed E-state index contributed by atoms with van der Waals surface area (Å²) >= 11 is 0. The Labute approximate surface area is 76.6 Å². The fourth-order valence-electron chi connectivity index (χ4n) is 0.838. The second kappa shape index (κ2) is 4.08. The maximum absolute atomic E-state index is 8.70. The molecule has 1 aromatic rings. The summed E-state index contributed by atoms with van der Waals surface area (Å²) in [6, 6.07) is 1.94. The normalized spacial score (nSPS) is 8.08. The molecule has 0 bridgehead atoms. The second-order valence-electron chi connectivity index (χ2n) is 2.19. The van der Waals surface area contributed by atoms with E-state index in [4.69, 9.17) is 5.26 Å². The van der Waals surface area contributed by atoms with Crippen molar-refractivity contribution in [3.8, 4) is 17.9 Å². The molecule has 0 unspecified atom stereocenters. The minimum Gasteiger partial charge on any atom is -0.371 e. The van der Waals surface area contributed by atoms with Crippen LogP contribution in [0.4, 0.5) is 5.82 Å². The molecule has 1 N–H and O–H groups in total. The Morgan fingerprint density at radius 3 is 2.85 bits per heavy atom. The van der Waals surface area contributed by atoms with Crippen LogP contribution in [0, 0.1) is 23.2 Å². The number of rotatable bonds is 1. The van der Waals surface area contributed by atoms with Crippen LogP contribution in [-0.4, -0.2) is 17.0 Å². The van der Waals surface area contributed by atoms with Crippen LogP contribution in [0.2, 0.25) is 0 Å². The van der Waals surface area contributed by atoms with Crippen LogP contribution in [0.5, 0.6) is 0 Å². The van der Waals surface area contributed by atoms with Crippen molar-refractivity contribution in [1.82, 2.24) is 9.97 Å². The first kappa shape index (κ1) is 9.02. The first-order chi connectivity index (χ1) is 6.31. The molecule has 0 aliphatic rings. The molecule has 0 saturated heterocycles. The number of hydrogen-bond acceptors (Lipinski definition) is 4. The Balaban J connectivity index is 3.20. The molecule has 0 radical (unpaired) electrons. The third-order valence-corrected chi connectivity index (χ3v) is 1.37. The molecule has 13 heavy (non-hydrogen) atoms. The predicted molar refractivity (Wildman–Crippen MR) is 48.8 cm³/mol. The van der Waals surface area contributed by atoms with Crippen molar-refractivity contribution in [2.75, 3.05) is 12.4 Å². The van der Waals surface area contributed by atoms with Crippen molar-refractivity contribution in [3.05, 3.63) is 17.6 Å². The average molecular weight is 172 g/mol. The zero-order chi connectivity index (χ0) is 9.68. The van der Waals surface area contributed by atoms with E-state index in [-0.39, 0.29) is 5.69 Å². The van der Waals surface area contributed by atoms with E-state index >= 15 is 0 Å². The second-order valence-corrected chi connectivity index (χ2v) is 2.19. The lowest BCUT2D eigenvalue weighted by molar-refractivity contribution is 1.13. The fourth-order valence-corrected chi connectivity index (χ4v) is 0.838. The Kier molecular flexibility index (Phi) is 2.83. The van der Waals surface area contributed by atoms with Gasteiger partial charge in [-0.1, -0.05) is 5.92 Å². The van der Waals surface area contributed by atoms with Crippen LogP contribution in [0.25, 0.3) is 0 Å². The maximum atomic E-state index is 8.70. The molecule has 0 spiro atoms. The van der Waals surface area contributed by atoms with E-state index in [0.717, 1.165) is 0 Å². The Morgan fingerprint density at radius 2 is 2.31 bits per heavy atom. The molecule has 1 aromatic heterocycles. The van der Waals surface area contributed by atoms with Crippen molar-refractivity contribution < 1.29 is 0 Å². The highest BCUT2D eigenvalue weighted by Gasteiger charge is 2.02. The van der Waals surface area contributed by atoms with Gasteiger partial charge in [0.05, 0.1) is 6.20 Å². The van der Waals surface area contributed by atoms with Crippen molar-refractivity contribution in [2.45, 2.75) is 6.92 Å². The standard InChI is InChI=1S/C9H8N4/c1-3-4-7-6-12-9(11-2)8(5-10)13-7/h6H,1-2H3,(H,11,12). The summed E-state index contributed by atoms with van der Waals surface area (Å²) in [4.78, 5) is 7.98. The minimum absolute atomic E-state index is 0.266. The summed E-state index contributed by atoms with van der Waals surface area (Å²) in [6.07, 6.45) is 1.53. The number of aromatic nitrogens is 2. The Bertz CT molecular complexity index is 406. The van der Waals surface area contributed by atoms with Crippen molar-refractivity contribution in [2.24, 2.45) is 0 Å². The van der Waals surface area contributed by atoms with E-state index in [2.05, 4.69) is 27.1 Å². The maximum Gasteiger partial charge on any atom is 0.184 e. The summed E-state index contributed by atoms with van der Waals surface area (Å²) in [5, 5.41) is 11.5. The first-order valence-electron chi connectivity index (χ1n) is 3.69. The van der Waals surface area contributed by atoms with Gasteiger partial charge in [0.15, 0.2) is 11.5 Å². The van der Waals surface area contributed by atoms with Crippen molar-refractivity contribution in [1.29, 1.82) is 5.26 Å². The fraction of sp³-hybridized carbons (Fsp3) is 0.222. The van der Waals surface area contributed by atoms with E-state index in [0.29, 0.717) is 11.5 Å². The summed E-state index contributed by atoms with van der Waals surface area (Å²) < 4.78 is 0. The molecule has 4 nitrogen and oxygen atoms in total. The van der Waals surface area contributed by atoms with Gasteiger partial charge in [0.25, 0.3) is 0 Å². The molecule has 0 aliphatic carbocycles. The SMILES string of the molecule is CC#Cc1cnc(NC)c(C#N)n1. The summed E-state index contributed by atoms with van der Waals surface area (Å²) in [6.45, 7) is 1.71. The molecule has 0 atom stereocenters. The van der Waals surface area contributed by atoms with E-state index in [1.54, 1.807) is 14.0 Å². The van der Waals surface area contributed by atoms with Gasteiger partial charge in [0, 0.05) is 7.05 Å².